The number of esters is 1. The van der Waals surface area contributed by atoms with E-state index in [1.807, 2.05) is 0 Å². The molecule has 0 saturated heterocycles. The molecular weight excluding hydrogens is 345 g/mol. The molecule has 22 heavy (non-hydrogen) atoms. The van der Waals surface area contributed by atoms with Crippen LogP contribution in [-0.4, -0.2) is 11.9 Å². The minimum absolute atomic E-state index is 0.161. The number of aliphatic imine (C=N–C) groups is 1. The van der Waals surface area contributed by atoms with E-state index in [1.165, 1.54) is 0 Å². The molecule has 1 aliphatic rings. The van der Waals surface area contributed by atoms with Crippen molar-refractivity contribution in [1.29, 1.82) is 0 Å². The molecule has 1 heterocycles. The number of nitrogens with zero attached hydrogens (tertiary/aromatic N) is 1. The molecule has 110 valence electrons. The molecule has 6 heteroatoms. The highest BCUT2D eigenvalue weighted by atomic mass is 35.5. The third-order valence-corrected chi connectivity index (χ3v) is 4.07. The van der Waals surface area contributed by atoms with E-state index in [4.69, 9.17) is 39.5 Å². The summed E-state index contributed by atoms with van der Waals surface area (Å²) in [4.78, 5) is 16.1. The van der Waals surface area contributed by atoms with Crippen LogP contribution in [0.4, 0.5) is 0 Å². The summed E-state index contributed by atoms with van der Waals surface area (Å²) < 4.78 is 5.17. The molecule has 3 nitrogen and oxygen atoms in total. The second-order valence-corrected chi connectivity index (χ2v) is 5.71. The molecular formula is C16H8Cl3NO2. The van der Waals surface area contributed by atoms with Gasteiger partial charge in [-0.05, 0) is 42.0 Å². The summed E-state index contributed by atoms with van der Waals surface area (Å²) >= 11 is 17.9. The molecule has 0 atom stereocenters. The first-order valence-corrected chi connectivity index (χ1v) is 7.40. The van der Waals surface area contributed by atoms with Gasteiger partial charge in [0.2, 0.25) is 5.90 Å². The van der Waals surface area contributed by atoms with Gasteiger partial charge < -0.3 is 4.74 Å². The fourth-order valence-electron chi connectivity index (χ4n) is 1.90. The number of halogens is 3. The summed E-state index contributed by atoms with van der Waals surface area (Å²) in [5, 5.41) is 1.36. The average Bonchev–Trinajstić information content (AvgIpc) is 2.86. The van der Waals surface area contributed by atoms with Gasteiger partial charge in [-0.15, -0.1) is 0 Å². The number of cyclic esters (lactones) is 1. The third kappa shape index (κ3) is 3.02. The van der Waals surface area contributed by atoms with Gasteiger partial charge in [0.05, 0.1) is 10.0 Å². The smallest absolute Gasteiger partial charge is 0.363 e. The van der Waals surface area contributed by atoms with E-state index in [9.17, 15) is 4.79 Å². The normalized spacial score (nSPS) is 15.9. The number of hydrogen-bond donors (Lipinski definition) is 0. The monoisotopic (exact) mass is 351 g/mol. The second kappa shape index (κ2) is 6.13. The molecule has 1 aliphatic heterocycles. The van der Waals surface area contributed by atoms with Gasteiger partial charge in [0.15, 0.2) is 5.70 Å². The molecule has 0 N–H and O–H groups in total. The highest BCUT2D eigenvalue weighted by molar-refractivity contribution is 6.43. The summed E-state index contributed by atoms with van der Waals surface area (Å²) in [5.41, 5.74) is 1.43. The Hall–Kier alpha value is -1.81. The summed E-state index contributed by atoms with van der Waals surface area (Å²) in [6.07, 6.45) is 1.54. The van der Waals surface area contributed by atoms with E-state index in [2.05, 4.69) is 4.99 Å². The molecule has 0 radical (unpaired) electrons. The molecule has 2 aromatic carbocycles. The molecule has 0 saturated carbocycles. The Morgan fingerprint density at radius 1 is 1.00 bits per heavy atom. The van der Waals surface area contributed by atoms with E-state index >= 15 is 0 Å². The summed E-state index contributed by atoms with van der Waals surface area (Å²) in [7, 11) is 0. The SMILES string of the molecule is O=C1OC(c2ccc(Cl)cc2)=NC1=Cc1cccc(Cl)c1Cl. The standard InChI is InChI=1S/C16H8Cl3NO2/c17-11-6-4-9(5-7-11)15-20-13(16(21)22-15)8-10-2-1-3-12(18)14(10)19/h1-8H. The summed E-state index contributed by atoms with van der Waals surface area (Å²) in [6.45, 7) is 0. The molecule has 0 aliphatic carbocycles. The third-order valence-electron chi connectivity index (χ3n) is 2.99. The van der Waals surface area contributed by atoms with E-state index in [1.54, 1.807) is 48.5 Å². The molecule has 0 fully saturated rings. The van der Waals surface area contributed by atoms with Crippen LogP contribution in [0.1, 0.15) is 11.1 Å². The van der Waals surface area contributed by atoms with E-state index in [0.717, 1.165) is 0 Å². The Balaban J connectivity index is 1.97. The van der Waals surface area contributed by atoms with Gasteiger partial charge in [-0.1, -0.05) is 46.9 Å². The second-order valence-electron chi connectivity index (χ2n) is 4.49. The quantitative estimate of drug-likeness (QED) is 0.564. The number of ether oxygens (including phenoxy) is 1. The van der Waals surface area contributed by atoms with Crippen molar-refractivity contribution in [3.05, 3.63) is 74.4 Å². The van der Waals surface area contributed by atoms with Gasteiger partial charge in [0, 0.05) is 10.6 Å². The van der Waals surface area contributed by atoms with Crippen LogP contribution in [0.5, 0.6) is 0 Å². The lowest BCUT2D eigenvalue weighted by Crippen LogP contribution is -2.05. The first kappa shape index (κ1) is 15.1. The van der Waals surface area contributed by atoms with Crippen molar-refractivity contribution in [3.63, 3.8) is 0 Å². The zero-order chi connectivity index (χ0) is 15.7. The molecule has 3 rings (SSSR count). The predicted octanol–water partition coefficient (Wildman–Crippen LogP) is 4.99. The highest BCUT2D eigenvalue weighted by Gasteiger charge is 2.24. The number of carbonyl (C=O) groups is 1. The number of hydrogen-bond acceptors (Lipinski definition) is 3. The Morgan fingerprint density at radius 3 is 2.45 bits per heavy atom. The lowest BCUT2D eigenvalue weighted by Gasteiger charge is -2.00. The fraction of sp³-hybridized carbons (Fsp3) is 0. The Morgan fingerprint density at radius 2 is 1.73 bits per heavy atom. The van der Waals surface area contributed by atoms with Crippen LogP contribution in [0, 0.1) is 0 Å². The van der Waals surface area contributed by atoms with Crippen LogP contribution >= 0.6 is 34.8 Å². The largest absolute Gasteiger partial charge is 0.402 e. The van der Waals surface area contributed by atoms with Crippen molar-refractivity contribution in [2.24, 2.45) is 4.99 Å². The van der Waals surface area contributed by atoms with Crippen LogP contribution in [-0.2, 0) is 9.53 Å². The average molecular weight is 353 g/mol. The zero-order valence-corrected chi connectivity index (χ0v) is 13.3. The van der Waals surface area contributed by atoms with E-state index in [0.29, 0.717) is 26.2 Å². The van der Waals surface area contributed by atoms with Gasteiger partial charge in [0.1, 0.15) is 0 Å². The van der Waals surface area contributed by atoms with E-state index in [-0.39, 0.29) is 11.6 Å². The van der Waals surface area contributed by atoms with Crippen LogP contribution in [0.15, 0.2) is 53.2 Å². The first-order chi connectivity index (χ1) is 10.5. The molecule has 0 amide bonds. The van der Waals surface area contributed by atoms with Crippen molar-refractivity contribution >= 4 is 52.7 Å². The van der Waals surface area contributed by atoms with Gasteiger partial charge >= 0.3 is 5.97 Å². The lowest BCUT2D eigenvalue weighted by molar-refractivity contribution is -0.129. The van der Waals surface area contributed by atoms with E-state index < -0.39 is 5.97 Å². The van der Waals surface area contributed by atoms with Gasteiger partial charge in [-0.2, -0.15) is 0 Å². The van der Waals surface area contributed by atoms with Crippen molar-refractivity contribution in [2.45, 2.75) is 0 Å². The highest BCUT2D eigenvalue weighted by Crippen LogP contribution is 2.28. The number of rotatable bonds is 2. The van der Waals surface area contributed by atoms with Gasteiger partial charge in [-0.3, -0.25) is 0 Å². The van der Waals surface area contributed by atoms with Crippen LogP contribution in [0.2, 0.25) is 15.1 Å². The first-order valence-electron chi connectivity index (χ1n) is 6.27. The maximum absolute atomic E-state index is 11.9. The molecule has 0 spiro atoms. The maximum Gasteiger partial charge on any atom is 0.363 e. The number of benzene rings is 2. The molecule has 0 unspecified atom stereocenters. The van der Waals surface area contributed by atoms with Crippen molar-refractivity contribution in [2.75, 3.05) is 0 Å². The Labute approximate surface area is 141 Å². The van der Waals surface area contributed by atoms with Crippen molar-refractivity contribution in [3.8, 4) is 0 Å². The van der Waals surface area contributed by atoms with Crippen LogP contribution in [0.3, 0.4) is 0 Å². The van der Waals surface area contributed by atoms with Crippen molar-refractivity contribution < 1.29 is 9.53 Å². The number of carbonyl (C=O) groups excluding carboxylic acids is 1. The maximum atomic E-state index is 11.9. The van der Waals surface area contributed by atoms with Crippen molar-refractivity contribution in [1.82, 2.24) is 0 Å². The minimum atomic E-state index is -0.541. The Kier molecular flexibility index (Phi) is 4.21. The summed E-state index contributed by atoms with van der Waals surface area (Å²) in [6, 6.07) is 12.0. The predicted molar refractivity (Wildman–Crippen MR) is 88.5 cm³/mol. The lowest BCUT2D eigenvalue weighted by atomic mass is 10.2. The summed E-state index contributed by atoms with van der Waals surface area (Å²) in [5.74, 6) is -0.313. The minimum Gasteiger partial charge on any atom is -0.402 e. The topological polar surface area (TPSA) is 38.7 Å². The molecule has 0 bridgehead atoms. The zero-order valence-electron chi connectivity index (χ0n) is 11.0. The van der Waals surface area contributed by atoms with Crippen LogP contribution < -0.4 is 0 Å². The van der Waals surface area contributed by atoms with Gasteiger partial charge in [0.25, 0.3) is 0 Å². The van der Waals surface area contributed by atoms with Crippen LogP contribution in [0.25, 0.3) is 6.08 Å². The van der Waals surface area contributed by atoms with Gasteiger partial charge in [-0.25, -0.2) is 9.79 Å². The Bertz CT molecular complexity index is 811. The molecule has 2 aromatic rings. The molecule has 0 aromatic heterocycles. The fourth-order valence-corrected chi connectivity index (χ4v) is 2.39.